The van der Waals surface area contributed by atoms with Gasteiger partial charge in [-0.15, -0.1) is 10.2 Å². The highest BCUT2D eigenvalue weighted by Gasteiger charge is 2.30. The van der Waals surface area contributed by atoms with Gasteiger partial charge in [0.25, 0.3) is 5.22 Å². The van der Waals surface area contributed by atoms with Gasteiger partial charge >= 0.3 is 6.18 Å². The van der Waals surface area contributed by atoms with Crippen LogP contribution in [0.1, 0.15) is 11.1 Å². The molecular formula is C15H10F3N3OS. The van der Waals surface area contributed by atoms with E-state index in [0.29, 0.717) is 28.0 Å². The highest BCUT2D eigenvalue weighted by atomic mass is 32.2. The molecule has 0 aliphatic carbocycles. The van der Waals surface area contributed by atoms with Crippen LogP contribution in [-0.4, -0.2) is 15.2 Å². The first kappa shape index (κ1) is 15.5. The van der Waals surface area contributed by atoms with Crippen molar-refractivity contribution in [3.63, 3.8) is 0 Å². The molecule has 0 aliphatic rings. The summed E-state index contributed by atoms with van der Waals surface area (Å²) in [6, 6.07) is 8.69. The monoisotopic (exact) mass is 337 g/mol. The number of alkyl halides is 3. The fraction of sp³-hybridized carbons (Fsp3) is 0.133. The second-order valence-electron chi connectivity index (χ2n) is 4.60. The molecule has 0 fully saturated rings. The Morgan fingerprint density at radius 3 is 2.70 bits per heavy atom. The number of halogens is 3. The van der Waals surface area contributed by atoms with Crippen LogP contribution < -0.4 is 0 Å². The molecule has 2 heterocycles. The molecule has 3 aromatic rings. The summed E-state index contributed by atoms with van der Waals surface area (Å²) in [7, 11) is 0. The first-order valence-corrected chi connectivity index (χ1v) is 7.54. The molecule has 4 nitrogen and oxygen atoms in total. The second kappa shape index (κ2) is 6.41. The quantitative estimate of drug-likeness (QED) is 0.659. The maximum atomic E-state index is 12.7. The van der Waals surface area contributed by atoms with Crippen LogP contribution in [0.5, 0.6) is 0 Å². The number of thioether (sulfide) groups is 1. The molecule has 0 atom stereocenters. The lowest BCUT2D eigenvalue weighted by Crippen LogP contribution is -2.04. The number of nitrogens with zero attached hydrogens (tertiary/aromatic N) is 3. The number of pyridine rings is 1. The van der Waals surface area contributed by atoms with E-state index in [2.05, 4.69) is 15.2 Å². The number of aromatic nitrogens is 3. The van der Waals surface area contributed by atoms with E-state index in [9.17, 15) is 13.2 Å². The zero-order valence-corrected chi connectivity index (χ0v) is 12.4. The smallest absolute Gasteiger partial charge is 0.411 e. The van der Waals surface area contributed by atoms with Gasteiger partial charge in [-0.2, -0.15) is 13.2 Å². The van der Waals surface area contributed by atoms with Crippen molar-refractivity contribution >= 4 is 11.8 Å². The van der Waals surface area contributed by atoms with Crippen LogP contribution in [0.2, 0.25) is 0 Å². The molecular weight excluding hydrogens is 327 g/mol. The lowest BCUT2D eigenvalue weighted by atomic mass is 10.1. The Kier molecular flexibility index (Phi) is 4.33. The predicted octanol–water partition coefficient (Wildman–Crippen LogP) is 4.44. The Morgan fingerprint density at radius 1 is 1.09 bits per heavy atom. The SMILES string of the molecule is FC(F)(F)c1cccc(CSc2nnc(-c3cccnc3)o2)c1. The van der Waals surface area contributed by atoms with Crippen LogP contribution >= 0.6 is 11.8 Å². The van der Waals surface area contributed by atoms with Crippen molar-refractivity contribution in [2.45, 2.75) is 17.2 Å². The summed E-state index contributed by atoms with van der Waals surface area (Å²) >= 11 is 1.18. The van der Waals surface area contributed by atoms with Crippen LogP contribution in [-0.2, 0) is 11.9 Å². The van der Waals surface area contributed by atoms with Crippen LogP contribution in [0, 0.1) is 0 Å². The maximum absolute atomic E-state index is 12.7. The Labute approximate surface area is 133 Å². The van der Waals surface area contributed by atoms with Gasteiger partial charge in [-0.1, -0.05) is 30.0 Å². The van der Waals surface area contributed by atoms with E-state index >= 15 is 0 Å². The largest absolute Gasteiger partial charge is 0.416 e. The van der Waals surface area contributed by atoms with Crippen molar-refractivity contribution in [1.29, 1.82) is 0 Å². The summed E-state index contributed by atoms with van der Waals surface area (Å²) in [5.74, 6) is 0.628. The minimum absolute atomic E-state index is 0.293. The molecule has 0 saturated heterocycles. The van der Waals surface area contributed by atoms with Crippen LogP contribution in [0.15, 0.2) is 58.4 Å². The van der Waals surface area contributed by atoms with Gasteiger partial charge in [0.15, 0.2) is 0 Å². The van der Waals surface area contributed by atoms with E-state index in [-0.39, 0.29) is 0 Å². The molecule has 0 unspecified atom stereocenters. The van der Waals surface area contributed by atoms with Crippen molar-refractivity contribution in [2.24, 2.45) is 0 Å². The number of benzene rings is 1. The summed E-state index contributed by atoms with van der Waals surface area (Å²) in [6.07, 6.45) is -1.13. The van der Waals surface area contributed by atoms with E-state index in [4.69, 9.17) is 4.42 Å². The van der Waals surface area contributed by atoms with Crippen molar-refractivity contribution in [2.75, 3.05) is 0 Å². The van der Waals surface area contributed by atoms with Crippen molar-refractivity contribution in [1.82, 2.24) is 15.2 Å². The molecule has 0 saturated carbocycles. The summed E-state index contributed by atoms with van der Waals surface area (Å²) in [4.78, 5) is 3.96. The van der Waals surface area contributed by atoms with E-state index in [1.54, 1.807) is 30.6 Å². The molecule has 23 heavy (non-hydrogen) atoms. The highest BCUT2D eigenvalue weighted by molar-refractivity contribution is 7.98. The van der Waals surface area contributed by atoms with E-state index in [1.165, 1.54) is 17.8 Å². The van der Waals surface area contributed by atoms with Gasteiger partial charge in [0.1, 0.15) is 0 Å². The molecule has 1 aromatic carbocycles. The van der Waals surface area contributed by atoms with Crippen molar-refractivity contribution in [3.05, 3.63) is 59.9 Å². The molecule has 0 spiro atoms. The number of rotatable bonds is 4. The van der Waals surface area contributed by atoms with Crippen LogP contribution in [0.4, 0.5) is 13.2 Å². The third-order valence-corrected chi connectivity index (χ3v) is 3.82. The topological polar surface area (TPSA) is 51.8 Å². The maximum Gasteiger partial charge on any atom is 0.416 e. The minimum Gasteiger partial charge on any atom is -0.411 e. The summed E-state index contributed by atoms with van der Waals surface area (Å²) in [5, 5.41) is 8.07. The third kappa shape index (κ3) is 3.89. The second-order valence-corrected chi connectivity index (χ2v) is 5.53. The number of hydrogen-bond donors (Lipinski definition) is 0. The first-order chi connectivity index (χ1) is 11.0. The van der Waals surface area contributed by atoms with Gasteiger partial charge in [-0.05, 0) is 23.8 Å². The Bertz CT molecular complexity index is 790. The Hall–Kier alpha value is -2.35. The lowest BCUT2D eigenvalue weighted by Gasteiger charge is -2.07. The highest BCUT2D eigenvalue weighted by Crippen LogP contribution is 2.31. The number of hydrogen-bond acceptors (Lipinski definition) is 5. The predicted molar refractivity (Wildman–Crippen MR) is 78.5 cm³/mol. The van der Waals surface area contributed by atoms with Crippen LogP contribution in [0.3, 0.4) is 0 Å². The molecule has 0 amide bonds. The zero-order valence-electron chi connectivity index (χ0n) is 11.6. The molecule has 118 valence electrons. The van der Waals surface area contributed by atoms with Crippen LogP contribution in [0.25, 0.3) is 11.5 Å². The van der Waals surface area contributed by atoms with Gasteiger partial charge in [0.2, 0.25) is 5.89 Å². The summed E-state index contributed by atoms with van der Waals surface area (Å²) in [5.41, 5.74) is 0.550. The molecule has 0 radical (unpaired) electrons. The van der Waals surface area contributed by atoms with E-state index in [0.717, 1.165) is 12.1 Å². The standard InChI is InChI=1S/C15H10F3N3OS/c16-15(17,18)12-5-1-3-10(7-12)9-23-14-21-20-13(22-14)11-4-2-6-19-8-11/h1-8H,9H2. The molecule has 3 rings (SSSR count). The average molecular weight is 337 g/mol. The molecule has 0 bridgehead atoms. The third-order valence-electron chi connectivity index (χ3n) is 2.93. The van der Waals surface area contributed by atoms with Crippen molar-refractivity contribution < 1.29 is 17.6 Å². The molecule has 0 N–H and O–H groups in total. The van der Waals surface area contributed by atoms with Gasteiger partial charge in [-0.25, -0.2) is 0 Å². The normalized spacial score (nSPS) is 11.6. The van der Waals surface area contributed by atoms with Gasteiger partial charge < -0.3 is 4.42 Å². The molecule has 2 aromatic heterocycles. The lowest BCUT2D eigenvalue weighted by molar-refractivity contribution is -0.137. The average Bonchev–Trinajstić information content (AvgIpc) is 3.02. The van der Waals surface area contributed by atoms with E-state index < -0.39 is 11.7 Å². The fourth-order valence-corrected chi connectivity index (χ4v) is 2.56. The van der Waals surface area contributed by atoms with Gasteiger partial charge in [0, 0.05) is 18.1 Å². The van der Waals surface area contributed by atoms with Gasteiger partial charge in [-0.3, -0.25) is 4.98 Å². The minimum atomic E-state index is -4.35. The molecule has 8 heteroatoms. The first-order valence-electron chi connectivity index (χ1n) is 6.55. The Morgan fingerprint density at radius 2 is 1.96 bits per heavy atom. The van der Waals surface area contributed by atoms with Crippen molar-refractivity contribution in [3.8, 4) is 11.5 Å². The summed E-state index contributed by atoms with van der Waals surface area (Å²) < 4.78 is 43.5. The van der Waals surface area contributed by atoms with Gasteiger partial charge in [0.05, 0.1) is 11.1 Å². The van der Waals surface area contributed by atoms with E-state index in [1.807, 2.05) is 0 Å². The summed E-state index contributed by atoms with van der Waals surface area (Å²) in [6.45, 7) is 0. The Balaban J connectivity index is 1.69. The fourth-order valence-electron chi connectivity index (χ4n) is 1.86. The molecule has 0 aliphatic heterocycles. The zero-order chi connectivity index (χ0) is 16.3.